The van der Waals surface area contributed by atoms with Gasteiger partial charge in [0.1, 0.15) is 0 Å². The van der Waals surface area contributed by atoms with Crippen molar-refractivity contribution in [3.05, 3.63) is 0 Å². The lowest BCUT2D eigenvalue weighted by Crippen LogP contribution is -2.43. The molecule has 0 unspecified atom stereocenters. The van der Waals surface area contributed by atoms with E-state index in [4.69, 9.17) is 5.73 Å². The Kier molecular flexibility index (Phi) is 3.47. The highest BCUT2D eigenvalue weighted by Crippen LogP contribution is 2.16. The molecule has 1 fully saturated rings. The van der Waals surface area contributed by atoms with E-state index in [9.17, 15) is 9.18 Å². The Morgan fingerprint density at radius 2 is 2.42 bits per heavy atom. The normalized spacial score (nSPS) is 24.2. The first-order valence-electron chi connectivity index (χ1n) is 4.31. The molecule has 4 heteroatoms. The summed E-state index contributed by atoms with van der Waals surface area (Å²) in [5.41, 5.74) is 5.20. The van der Waals surface area contributed by atoms with E-state index < -0.39 is 0 Å². The number of nitrogens with zero attached hydrogens (tertiary/aromatic N) is 1. The van der Waals surface area contributed by atoms with Gasteiger partial charge in [0.05, 0.1) is 13.2 Å². The molecule has 0 aromatic carbocycles. The molecule has 1 atom stereocenters. The summed E-state index contributed by atoms with van der Waals surface area (Å²) in [5, 5.41) is 0. The van der Waals surface area contributed by atoms with Crippen LogP contribution in [0.15, 0.2) is 0 Å². The molecular weight excluding hydrogens is 159 g/mol. The molecule has 1 aliphatic heterocycles. The second-order valence-corrected chi connectivity index (χ2v) is 3.21. The van der Waals surface area contributed by atoms with E-state index in [1.165, 1.54) is 0 Å². The van der Waals surface area contributed by atoms with Gasteiger partial charge in [-0.2, -0.15) is 0 Å². The smallest absolute Gasteiger partial charge is 0.236 e. The Balaban J connectivity index is 2.40. The van der Waals surface area contributed by atoms with Crippen molar-refractivity contribution < 1.29 is 9.18 Å². The molecule has 12 heavy (non-hydrogen) atoms. The van der Waals surface area contributed by atoms with E-state index in [1.807, 2.05) is 0 Å². The van der Waals surface area contributed by atoms with Crippen LogP contribution in [0.3, 0.4) is 0 Å². The zero-order chi connectivity index (χ0) is 8.97. The van der Waals surface area contributed by atoms with E-state index in [0.717, 1.165) is 19.4 Å². The molecule has 0 aromatic rings. The number of alkyl halides is 1. The zero-order valence-electron chi connectivity index (χ0n) is 7.13. The second-order valence-electron chi connectivity index (χ2n) is 3.21. The minimum Gasteiger partial charge on any atom is -0.341 e. The van der Waals surface area contributed by atoms with Crippen LogP contribution in [0, 0.1) is 5.92 Å². The maximum atomic E-state index is 12.3. The molecular formula is C8H15FN2O. The number of nitrogens with two attached hydrogens (primary N) is 1. The van der Waals surface area contributed by atoms with E-state index >= 15 is 0 Å². The SMILES string of the molecule is NCC(=O)N1CCC[C@H](CF)C1. The third-order valence-corrected chi connectivity index (χ3v) is 2.26. The number of carbonyl (C=O) groups excluding carboxylic acids is 1. The third-order valence-electron chi connectivity index (χ3n) is 2.26. The van der Waals surface area contributed by atoms with Crippen molar-refractivity contribution in [2.45, 2.75) is 12.8 Å². The summed E-state index contributed by atoms with van der Waals surface area (Å²) in [6.45, 7) is 1.01. The first-order valence-corrected chi connectivity index (χ1v) is 4.31. The number of likely N-dealkylation sites (tertiary alicyclic amines) is 1. The van der Waals surface area contributed by atoms with Crippen molar-refractivity contribution in [3.8, 4) is 0 Å². The van der Waals surface area contributed by atoms with Crippen molar-refractivity contribution in [1.82, 2.24) is 4.90 Å². The molecule has 3 nitrogen and oxygen atoms in total. The van der Waals surface area contributed by atoms with Gasteiger partial charge in [-0.25, -0.2) is 0 Å². The van der Waals surface area contributed by atoms with Crippen LogP contribution in [-0.2, 0) is 4.79 Å². The molecule has 1 rings (SSSR count). The van der Waals surface area contributed by atoms with E-state index in [0.29, 0.717) is 6.54 Å². The summed E-state index contributed by atoms with van der Waals surface area (Å²) in [5.74, 6) is -0.0256. The summed E-state index contributed by atoms with van der Waals surface area (Å²) >= 11 is 0. The second kappa shape index (κ2) is 4.40. The van der Waals surface area contributed by atoms with Crippen molar-refractivity contribution in [1.29, 1.82) is 0 Å². The van der Waals surface area contributed by atoms with Gasteiger partial charge in [-0.15, -0.1) is 0 Å². The molecule has 2 N–H and O–H groups in total. The Bertz CT molecular complexity index is 163. The van der Waals surface area contributed by atoms with Crippen molar-refractivity contribution in [2.75, 3.05) is 26.3 Å². The van der Waals surface area contributed by atoms with Gasteiger partial charge in [-0.1, -0.05) is 0 Å². The highest BCUT2D eigenvalue weighted by Gasteiger charge is 2.22. The highest BCUT2D eigenvalue weighted by molar-refractivity contribution is 5.78. The predicted octanol–water partition coefficient (Wildman–Crippen LogP) is 0.153. The number of hydrogen-bond acceptors (Lipinski definition) is 2. The van der Waals surface area contributed by atoms with Crippen LogP contribution in [0.5, 0.6) is 0 Å². The van der Waals surface area contributed by atoms with E-state index in [1.54, 1.807) is 4.90 Å². The fraction of sp³-hybridized carbons (Fsp3) is 0.875. The molecule has 0 aliphatic carbocycles. The molecule has 1 amide bonds. The van der Waals surface area contributed by atoms with Crippen LogP contribution in [0.2, 0.25) is 0 Å². The Hall–Kier alpha value is -0.640. The van der Waals surface area contributed by atoms with Crippen molar-refractivity contribution in [3.63, 3.8) is 0 Å². The standard InChI is InChI=1S/C8H15FN2O/c9-4-7-2-1-3-11(6-7)8(12)5-10/h7H,1-6,10H2/t7-/m1/s1. The lowest BCUT2D eigenvalue weighted by atomic mass is 9.99. The van der Waals surface area contributed by atoms with Gasteiger partial charge in [0.2, 0.25) is 5.91 Å². The van der Waals surface area contributed by atoms with Crippen molar-refractivity contribution in [2.24, 2.45) is 11.7 Å². The van der Waals surface area contributed by atoms with Crippen LogP contribution in [0.1, 0.15) is 12.8 Å². The van der Waals surface area contributed by atoms with Crippen LogP contribution in [0.4, 0.5) is 4.39 Å². The lowest BCUT2D eigenvalue weighted by Gasteiger charge is -2.31. The lowest BCUT2D eigenvalue weighted by molar-refractivity contribution is -0.131. The quantitative estimate of drug-likeness (QED) is 0.648. The third kappa shape index (κ3) is 2.17. The summed E-state index contributed by atoms with van der Waals surface area (Å²) in [4.78, 5) is 12.8. The minimum absolute atomic E-state index is 0.0363. The molecule has 0 radical (unpaired) electrons. The Morgan fingerprint density at radius 3 is 3.00 bits per heavy atom. The van der Waals surface area contributed by atoms with Crippen molar-refractivity contribution >= 4 is 5.91 Å². The van der Waals surface area contributed by atoms with Crippen LogP contribution < -0.4 is 5.73 Å². The van der Waals surface area contributed by atoms with Crippen LogP contribution in [0.25, 0.3) is 0 Å². The maximum absolute atomic E-state index is 12.3. The minimum atomic E-state index is -0.325. The predicted molar refractivity (Wildman–Crippen MR) is 44.3 cm³/mol. The van der Waals surface area contributed by atoms with Gasteiger partial charge < -0.3 is 10.6 Å². The number of carbonyl (C=O) groups is 1. The Morgan fingerprint density at radius 1 is 1.67 bits per heavy atom. The van der Waals surface area contributed by atoms with Gasteiger partial charge in [0, 0.05) is 19.0 Å². The fourth-order valence-corrected chi connectivity index (χ4v) is 1.55. The average Bonchev–Trinajstić information content (AvgIpc) is 2.17. The molecule has 70 valence electrons. The number of hydrogen-bond donors (Lipinski definition) is 1. The Labute approximate surface area is 71.7 Å². The van der Waals surface area contributed by atoms with Gasteiger partial charge in [0.25, 0.3) is 0 Å². The monoisotopic (exact) mass is 174 g/mol. The van der Waals surface area contributed by atoms with E-state index in [-0.39, 0.29) is 25.0 Å². The molecule has 1 heterocycles. The molecule has 0 aromatic heterocycles. The first kappa shape index (κ1) is 9.45. The zero-order valence-corrected chi connectivity index (χ0v) is 7.13. The largest absolute Gasteiger partial charge is 0.341 e. The maximum Gasteiger partial charge on any atom is 0.236 e. The van der Waals surface area contributed by atoms with Crippen LogP contribution in [-0.4, -0.2) is 37.1 Å². The summed E-state index contributed by atoms with van der Waals surface area (Å²) < 4.78 is 12.3. The topological polar surface area (TPSA) is 46.3 Å². The fourth-order valence-electron chi connectivity index (χ4n) is 1.55. The number of halogens is 1. The molecule has 0 bridgehead atoms. The number of amides is 1. The average molecular weight is 174 g/mol. The van der Waals surface area contributed by atoms with Gasteiger partial charge in [-0.05, 0) is 12.8 Å². The molecule has 1 saturated heterocycles. The van der Waals surface area contributed by atoms with Gasteiger partial charge in [0.15, 0.2) is 0 Å². The highest BCUT2D eigenvalue weighted by atomic mass is 19.1. The van der Waals surface area contributed by atoms with Crippen LogP contribution >= 0.6 is 0 Å². The van der Waals surface area contributed by atoms with Gasteiger partial charge in [-0.3, -0.25) is 9.18 Å². The summed E-state index contributed by atoms with van der Waals surface area (Å²) in [6.07, 6.45) is 1.80. The number of piperidine rings is 1. The first-order chi connectivity index (χ1) is 5.77. The molecule has 1 aliphatic rings. The molecule has 0 spiro atoms. The molecule has 0 saturated carbocycles. The number of rotatable bonds is 2. The summed E-state index contributed by atoms with van der Waals surface area (Å²) in [6, 6.07) is 0. The van der Waals surface area contributed by atoms with Gasteiger partial charge >= 0.3 is 0 Å². The van der Waals surface area contributed by atoms with E-state index in [2.05, 4.69) is 0 Å². The summed E-state index contributed by atoms with van der Waals surface area (Å²) in [7, 11) is 0.